The zero-order valence-corrected chi connectivity index (χ0v) is 16.1. The molecule has 2 heterocycles. The van der Waals surface area contributed by atoms with Gasteiger partial charge in [0.2, 0.25) is 5.95 Å². The van der Waals surface area contributed by atoms with Crippen molar-refractivity contribution in [1.82, 2.24) is 14.9 Å². The van der Waals surface area contributed by atoms with Crippen molar-refractivity contribution < 1.29 is 9.90 Å². The summed E-state index contributed by atoms with van der Waals surface area (Å²) in [4.78, 5) is 24.1. The van der Waals surface area contributed by atoms with Crippen molar-refractivity contribution in [3.8, 4) is 0 Å². The Bertz CT molecular complexity index is 839. The van der Waals surface area contributed by atoms with E-state index in [0.29, 0.717) is 12.5 Å². The van der Waals surface area contributed by atoms with Crippen molar-refractivity contribution in [2.24, 2.45) is 0 Å². The molecule has 0 saturated heterocycles. The van der Waals surface area contributed by atoms with Gasteiger partial charge in [0.05, 0.1) is 0 Å². The molecule has 0 spiro atoms. The van der Waals surface area contributed by atoms with Crippen LogP contribution >= 0.6 is 0 Å². The Balaban J connectivity index is 1.81. The molecule has 3 N–H and O–H groups in total. The number of carboxylic acids is 1. The van der Waals surface area contributed by atoms with Crippen molar-refractivity contribution in [3.63, 3.8) is 0 Å². The summed E-state index contributed by atoms with van der Waals surface area (Å²) in [7, 11) is 4.12. The number of aromatic nitrogens is 2. The molecule has 144 valence electrons. The molecule has 1 atom stereocenters. The molecule has 1 aliphatic rings. The lowest BCUT2D eigenvalue weighted by Crippen LogP contribution is -2.45. The molecular weight excluding hydrogens is 342 g/mol. The number of hydrogen-bond donors (Lipinski definition) is 2. The van der Waals surface area contributed by atoms with E-state index in [1.807, 2.05) is 14.0 Å². The van der Waals surface area contributed by atoms with Crippen LogP contribution in [0.25, 0.3) is 0 Å². The number of benzene rings is 1. The fourth-order valence-corrected chi connectivity index (χ4v) is 3.77. The summed E-state index contributed by atoms with van der Waals surface area (Å²) in [5.74, 6) is 0.118. The Kier molecular flexibility index (Phi) is 5.60. The lowest BCUT2D eigenvalue weighted by Gasteiger charge is -2.37. The summed E-state index contributed by atoms with van der Waals surface area (Å²) in [6, 6.07) is 8.89. The maximum Gasteiger partial charge on any atom is 0.303 e. The van der Waals surface area contributed by atoms with E-state index in [4.69, 9.17) is 10.8 Å². The van der Waals surface area contributed by atoms with Gasteiger partial charge >= 0.3 is 5.97 Å². The van der Waals surface area contributed by atoms with Gasteiger partial charge in [-0.2, -0.15) is 4.98 Å². The monoisotopic (exact) mass is 369 g/mol. The zero-order chi connectivity index (χ0) is 19.6. The highest BCUT2D eigenvalue weighted by atomic mass is 16.4. The number of carboxylic acid groups (broad SMARTS) is 1. The molecule has 0 aliphatic carbocycles. The van der Waals surface area contributed by atoms with E-state index in [9.17, 15) is 4.79 Å². The quantitative estimate of drug-likeness (QED) is 0.802. The standard InChI is InChI=1S/C20H27N5O2/c1-13-17(8-9-18(26)27)19(23-20(21)22-13)25(3)12-16-10-14-6-4-5-7-15(14)11-24(16)2/h4-7,16H,8-12H2,1-3H3,(H,26,27)(H2,21,22,23). The molecular formula is C20H27N5O2. The largest absolute Gasteiger partial charge is 0.481 e. The third-order valence-electron chi connectivity index (χ3n) is 5.26. The van der Waals surface area contributed by atoms with Crippen molar-refractivity contribution in [2.75, 3.05) is 31.3 Å². The maximum absolute atomic E-state index is 11.0. The number of nitrogens with zero attached hydrogens (tertiary/aromatic N) is 4. The van der Waals surface area contributed by atoms with Gasteiger partial charge in [0.1, 0.15) is 5.82 Å². The number of carbonyl (C=O) groups is 1. The minimum atomic E-state index is -0.830. The molecule has 0 fully saturated rings. The van der Waals surface area contributed by atoms with E-state index in [0.717, 1.165) is 36.6 Å². The van der Waals surface area contributed by atoms with Crippen LogP contribution in [-0.4, -0.2) is 52.6 Å². The molecule has 1 unspecified atom stereocenters. The topological polar surface area (TPSA) is 95.6 Å². The van der Waals surface area contributed by atoms with Crippen LogP contribution in [-0.2, 0) is 24.2 Å². The Morgan fingerprint density at radius 1 is 1.33 bits per heavy atom. The SMILES string of the molecule is Cc1nc(N)nc(N(C)CC2Cc3ccccc3CN2C)c1CCC(=O)O. The Labute approximate surface area is 159 Å². The summed E-state index contributed by atoms with van der Waals surface area (Å²) < 4.78 is 0. The van der Waals surface area contributed by atoms with Crippen LogP contribution in [0.15, 0.2) is 24.3 Å². The van der Waals surface area contributed by atoms with Crippen molar-refractivity contribution in [2.45, 2.75) is 38.8 Å². The Morgan fingerprint density at radius 3 is 2.74 bits per heavy atom. The second-order valence-corrected chi connectivity index (χ2v) is 7.29. The minimum Gasteiger partial charge on any atom is -0.481 e. The van der Waals surface area contributed by atoms with E-state index < -0.39 is 5.97 Å². The Morgan fingerprint density at radius 2 is 2.04 bits per heavy atom. The van der Waals surface area contributed by atoms with Gasteiger partial charge in [0, 0.05) is 43.9 Å². The highest BCUT2D eigenvalue weighted by molar-refractivity contribution is 5.68. The number of anilines is 2. The second-order valence-electron chi connectivity index (χ2n) is 7.29. The average molecular weight is 369 g/mol. The first-order chi connectivity index (χ1) is 12.8. The number of rotatable bonds is 6. The predicted octanol–water partition coefficient (Wildman–Crippen LogP) is 1.88. The molecule has 1 aromatic heterocycles. The van der Waals surface area contributed by atoms with E-state index in [-0.39, 0.29) is 12.4 Å². The maximum atomic E-state index is 11.0. The van der Waals surface area contributed by atoms with E-state index in [1.165, 1.54) is 11.1 Å². The van der Waals surface area contributed by atoms with Crippen molar-refractivity contribution >= 4 is 17.7 Å². The minimum absolute atomic E-state index is 0.0473. The van der Waals surface area contributed by atoms with E-state index in [1.54, 1.807) is 0 Å². The summed E-state index contributed by atoms with van der Waals surface area (Å²) >= 11 is 0. The second kappa shape index (κ2) is 7.92. The average Bonchev–Trinajstić information content (AvgIpc) is 2.60. The van der Waals surface area contributed by atoms with Gasteiger partial charge in [-0.05, 0) is 37.9 Å². The molecule has 0 radical (unpaired) electrons. The fraction of sp³-hybridized carbons (Fsp3) is 0.450. The third kappa shape index (κ3) is 4.36. The molecule has 1 aliphatic heterocycles. The van der Waals surface area contributed by atoms with Crippen LogP contribution in [0.3, 0.4) is 0 Å². The number of aliphatic carboxylic acids is 1. The fourth-order valence-electron chi connectivity index (χ4n) is 3.77. The van der Waals surface area contributed by atoms with Crippen molar-refractivity contribution in [3.05, 3.63) is 46.6 Å². The predicted molar refractivity (Wildman–Crippen MR) is 106 cm³/mol. The smallest absolute Gasteiger partial charge is 0.303 e. The molecule has 2 aromatic rings. The molecule has 0 amide bonds. The van der Waals surface area contributed by atoms with Gasteiger partial charge in [-0.3, -0.25) is 9.69 Å². The normalized spacial score (nSPS) is 16.8. The number of likely N-dealkylation sites (N-methyl/N-ethyl adjacent to an activating group) is 2. The van der Waals surface area contributed by atoms with Crippen LogP contribution in [0.5, 0.6) is 0 Å². The molecule has 3 rings (SSSR count). The zero-order valence-electron chi connectivity index (χ0n) is 16.1. The molecule has 0 saturated carbocycles. The van der Waals surface area contributed by atoms with Gasteiger partial charge < -0.3 is 15.7 Å². The first-order valence-corrected chi connectivity index (χ1v) is 9.18. The van der Waals surface area contributed by atoms with Crippen LogP contribution in [0.2, 0.25) is 0 Å². The van der Waals surface area contributed by atoms with Gasteiger partial charge in [0.15, 0.2) is 0 Å². The summed E-state index contributed by atoms with van der Waals surface area (Å²) in [5, 5.41) is 9.05. The highest BCUT2D eigenvalue weighted by Gasteiger charge is 2.25. The lowest BCUT2D eigenvalue weighted by molar-refractivity contribution is -0.136. The molecule has 7 nitrogen and oxygen atoms in total. The Hall–Kier alpha value is -2.67. The van der Waals surface area contributed by atoms with Crippen LogP contribution in [0, 0.1) is 6.92 Å². The molecule has 1 aromatic carbocycles. The van der Waals surface area contributed by atoms with Crippen molar-refractivity contribution in [1.29, 1.82) is 0 Å². The van der Waals surface area contributed by atoms with Gasteiger partial charge in [-0.15, -0.1) is 0 Å². The number of hydrogen-bond acceptors (Lipinski definition) is 6. The van der Waals surface area contributed by atoms with Crippen LogP contribution in [0.4, 0.5) is 11.8 Å². The van der Waals surface area contributed by atoms with Gasteiger partial charge in [-0.25, -0.2) is 4.98 Å². The van der Waals surface area contributed by atoms with Gasteiger partial charge in [0.25, 0.3) is 0 Å². The van der Waals surface area contributed by atoms with E-state index in [2.05, 4.69) is 51.1 Å². The third-order valence-corrected chi connectivity index (χ3v) is 5.26. The van der Waals surface area contributed by atoms with Crippen LogP contribution < -0.4 is 10.6 Å². The molecule has 7 heteroatoms. The van der Waals surface area contributed by atoms with Crippen LogP contribution in [0.1, 0.15) is 28.8 Å². The number of fused-ring (bicyclic) bond motifs is 1. The summed E-state index contributed by atoms with van der Waals surface area (Å²) in [5.41, 5.74) is 10.2. The number of nitrogen functional groups attached to an aromatic ring is 1. The highest BCUT2D eigenvalue weighted by Crippen LogP contribution is 2.26. The summed E-state index contributed by atoms with van der Waals surface area (Å²) in [6.07, 6.45) is 1.41. The van der Waals surface area contributed by atoms with Gasteiger partial charge in [-0.1, -0.05) is 24.3 Å². The first kappa shape index (κ1) is 19.1. The number of aryl methyl sites for hydroxylation is 1. The lowest BCUT2D eigenvalue weighted by atomic mass is 9.94. The number of nitrogens with two attached hydrogens (primary N) is 1. The molecule has 0 bridgehead atoms. The van der Waals surface area contributed by atoms with E-state index >= 15 is 0 Å². The molecule has 27 heavy (non-hydrogen) atoms. The first-order valence-electron chi connectivity index (χ1n) is 9.18. The summed E-state index contributed by atoms with van der Waals surface area (Å²) in [6.45, 7) is 3.56.